The normalized spacial score (nSPS) is 19.0. The zero-order chi connectivity index (χ0) is 19.7. The molecule has 1 aliphatic rings. The third-order valence-corrected chi connectivity index (χ3v) is 6.64. The zero-order valence-corrected chi connectivity index (χ0v) is 15.5. The largest absolute Gasteiger partial charge is 0.573 e. The molecule has 0 bridgehead atoms. The second-order valence-electron chi connectivity index (χ2n) is 6.05. The lowest BCUT2D eigenvalue weighted by Crippen LogP contribution is -2.36. The van der Waals surface area contributed by atoms with Gasteiger partial charge in [-0.1, -0.05) is 0 Å². The topological polar surface area (TPSA) is 85.4 Å². The summed E-state index contributed by atoms with van der Waals surface area (Å²) in [6.07, 6.45) is -2.76. The molecule has 1 N–H and O–H groups in total. The number of sulfone groups is 1. The molecular formula is C16H15F3N2O4S2. The zero-order valence-electron chi connectivity index (χ0n) is 13.8. The Labute approximate surface area is 157 Å². The van der Waals surface area contributed by atoms with E-state index in [9.17, 15) is 26.4 Å². The lowest BCUT2D eigenvalue weighted by atomic mass is 10.2. The maximum absolute atomic E-state index is 12.2. The Balaban J connectivity index is 1.59. The van der Waals surface area contributed by atoms with Crippen LogP contribution in [0.15, 0.2) is 30.5 Å². The monoisotopic (exact) mass is 420 g/mol. The number of ether oxygens (including phenoxy) is 1. The number of hydrogen-bond acceptors (Lipinski definition) is 6. The van der Waals surface area contributed by atoms with Gasteiger partial charge in [-0.25, -0.2) is 13.4 Å². The van der Waals surface area contributed by atoms with E-state index < -0.39 is 16.2 Å². The number of alkyl halides is 3. The van der Waals surface area contributed by atoms with Crippen molar-refractivity contribution >= 4 is 27.1 Å². The van der Waals surface area contributed by atoms with Crippen LogP contribution < -0.4 is 10.1 Å². The maximum atomic E-state index is 12.2. The van der Waals surface area contributed by atoms with Crippen LogP contribution in [0.3, 0.4) is 0 Å². The molecule has 0 saturated carbocycles. The highest BCUT2D eigenvalue weighted by Gasteiger charge is 2.31. The van der Waals surface area contributed by atoms with E-state index in [-0.39, 0.29) is 35.6 Å². The Hall–Kier alpha value is -2.14. The standard InChI is InChI=1S/C16H15F3N2O4S2/c17-16(18,19)25-12-3-1-10(2-4-12)15-20-8-13(26-15)7-14(22)21-11-5-6-27(23,24)9-11/h1-4,8,11H,5-7,9H2,(H,21,22)/t11-/m0/s1. The average Bonchev–Trinajstić information content (AvgIpc) is 3.13. The van der Waals surface area contributed by atoms with Crippen molar-refractivity contribution < 1.29 is 31.1 Å². The van der Waals surface area contributed by atoms with E-state index >= 15 is 0 Å². The summed E-state index contributed by atoms with van der Waals surface area (Å²) in [7, 11) is -3.07. The highest BCUT2D eigenvalue weighted by molar-refractivity contribution is 7.91. The van der Waals surface area contributed by atoms with Gasteiger partial charge in [-0.15, -0.1) is 24.5 Å². The molecule has 1 aromatic heterocycles. The van der Waals surface area contributed by atoms with Crippen LogP contribution in [0.2, 0.25) is 0 Å². The van der Waals surface area contributed by atoms with Gasteiger partial charge < -0.3 is 10.1 Å². The molecule has 1 atom stereocenters. The molecule has 0 radical (unpaired) electrons. The van der Waals surface area contributed by atoms with Gasteiger partial charge in [0.25, 0.3) is 0 Å². The molecule has 1 aliphatic heterocycles. The number of amides is 1. The fourth-order valence-corrected chi connectivity index (χ4v) is 5.26. The number of rotatable bonds is 5. The van der Waals surface area contributed by atoms with Crippen LogP contribution in [-0.4, -0.2) is 43.2 Å². The summed E-state index contributed by atoms with van der Waals surface area (Å²) in [5.74, 6) is -0.578. The smallest absolute Gasteiger partial charge is 0.406 e. The van der Waals surface area contributed by atoms with E-state index in [0.717, 1.165) is 0 Å². The number of hydrogen-bond donors (Lipinski definition) is 1. The van der Waals surface area contributed by atoms with Crippen molar-refractivity contribution in [1.82, 2.24) is 10.3 Å². The van der Waals surface area contributed by atoms with Crippen molar-refractivity contribution in [2.24, 2.45) is 0 Å². The third-order valence-electron chi connectivity index (χ3n) is 3.82. The third kappa shape index (κ3) is 5.67. The molecule has 1 saturated heterocycles. The minimum absolute atomic E-state index is 0.0426. The van der Waals surface area contributed by atoms with Gasteiger partial charge in [-0.2, -0.15) is 0 Å². The summed E-state index contributed by atoms with van der Waals surface area (Å²) < 4.78 is 63.2. The second-order valence-corrected chi connectivity index (χ2v) is 9.39. The van der Waals surface area contributed by atoms with Gasteiger partial charge in [0.15, 0.2) is 9.84 Å². The van der Waals surface area contributed by atoms with Crippen molar-refractivity contribution in [3.05, 3.63) is 35.3 Å². The summed E-state index contributed by atoms with van der Waals surface area (Å²) in [5, 5.41) is 3.25. The Morgan fingerprint density at radius 1 is 1.30 bits per heavy atom. The summed E-state index contributed by atoms with van der Waals surface area (Å²) >= 11 is 1.24. The summed E-state index contributed by atoms with van der Waals surface area (Å²) in [4.78, 5) is 16.9. The minimum atomic E-state index is -4.75. The van der Waals surface area contributed by atoms with Crippen molar-refractivity contribution in [2.45, 2.75) is 25.2 Å². The number of nitrogens with zero attached hydrogens (tertiary/aromatic N) is 1. The predicted molar refractivity (Wildman–Crippen MR) is 93.1 cm³/mol. The molecule has 6 nitrogen and oxygen atoms in total. The first-order valence-corrected chi connectivity index (χ1v) is 10.5. The second kappa shape index (κ2) is 7.47. The predicted octanol–water partition coefficient (Wildman–Crippen LogP) is 2.55. The van der Waals surface area contributed by atoms with Crippen LogP contribution >= 0.6 is 11.3 Å². The quantitative estimate of drug-likeness (QED) is 0.804. The molecule has 0 aliphatic carbocycles. The van der Waals surface area contributed by atoms with Crippen LogP contribution in [0.1, 0.15) is 11.3 Å². The minimum Gasteiger partial charge on any atom is -0.406 e. The Kier molecular flexibility index (Phi) is 5.43. The summed E-state index contributed by atoms with van der Waals surface area (Å²) in [6, 6.07) is 4.92. The van der Waals surface area contributed by atoms with Crippen molar-refractivity contribution in [3.8, 4) is 16.3 Å². The van der Waals surface area contributed by atoms with E-state index in [1.165, 1.54) is 41.8 Å². The number of benzene rings is 1. The number of nitrogens with one attached hydrogen (secondary N) is 1. The molecule has 0 spiro atoms. The lowest BCUT2D eigenvalue weighted by Gasteiger charge is -2.09. The molecule has 1 amide bonds. The number of halogens is 3. The molecule has 146 valence electrons. The molecule has 27 heavy (non-hydrogen) atoms. The van der Waals surface area contributed by atoms with Crippen LogP contribution in [0.25, 0.3) is 10.6 Å². The van der Waals surface area contributed by atoms with E-state index in [0.29, 0.717) is 21.9 Å². The van der Waals surface area contributed by atoms with E-state index in [2.05, 4.69) is 15.0 Å². The molecule has 2 heterocycles. The van der Waals surface area contributed by atoms with Gasteiger partial charge in [-0.3, -0.25) is 4.79 Å². The molecule has 3 rings (SSSR count). The van der Waals surface area contributed by atoms with E-state index in [1.54, 1.807) is 0 Å². The number of carbonyl (C=O) groups excluding carboxylic acids is 1. The van der Waals surface area contributed by atoms with Crippen LogP contribution in [0, 0.1) is 0 Å². The van der Waals surface area contributed by atoms with Gasteiger partial charge in [0.2, 0.25) is 5.91 Å². The van der Waals surface area contributed by atoms with E-state index in [1.807, 2.05) is 0 Å². The van der Waals surface area contributed by atoms with Gasteiger partial charge in [0.1, 0.15) is 10.8 Å². The molecule has 0 unspecified atom stereocenters. The first-order chi connectivity index (χ1) is 12.6. The van der Waals surface area contributed by atoms with Crippen LogP contribution in [0.4, 0.5) is 13.2 Å². The SMILES string of the molecule is O=C(Cc1cnc(-c2ccc(OC(F)(F)F)cc2)s1)N[C@H]1CCS(=O)(=O)C1. The molecule has 1 aromatic carbocycles. The molecule has 1 fully saturated rings. The van der Waals surface area contributed by atoms with Gasteiger partial charge in [-0.05, 0) is 30.7 Å². The Morgan fingerprint density at radius 2 is 2.00 bits per heavy atom. The lowest BCUT2D eigenvalue weighted by molar-refractivity contribution is -0.274. The average molecular weight is 420 g/mol. The Morgan fingerprint density at radius 3 is 2.59 bits per heavy atom. The number of carbonyl (C=O) groups is 1. The highest BCUT2D eigenvalue weighted by Crippen LogP contribution is 2.29. The summed E-state index contributed by atoms with van der Waals surface area (Å²) in [5.41, 5.74) is 0.600. The fraction of sp³-hybridized carbons (Fsp3) is 0.375. The van der Waals surface area contributed by atoms with Crippen LogP contribution in [-0.2, 0) is 21.1 Å². The maximum Gasteiger partial charge on any atom is 0.573 e. The molecular weight excluding hydrogens is 405 g/mol. The van der Waals surface area contributed by atoms with Crippen molar-refractivity contribution in [2.75, 3.05) is 11.5 Å². The number of thiazole rings is 1. The first kappa shape index (κ1) is 19.6. The molecule has 11 heteroatoms. The van der Waals surface area contributed by atoms with Gasteiger partial charge in [0, 0.05) is 22.7 Å². The van der Waals surface area contributed by atoms with Crippen molar-refractivity contribution in [1.29, 1.82) is 0 Å². The summed E-state index contributed by atoms with van der Waals surface area (Å²) in [6.45, 7) is 0. The van der Waals surface area contributed by atoms with Gasteiger partial charge >= 0.3 is 6.36 Å². The van der Waals surface area contributed by atoms with E-state index in [4.69, 9.17) is 0 Å². The Bertz CT molecular complexity index is 924. The fourth-order valence-electron chi connectivity index (χ4n) is 2.67. The van der Waals surface area contributed by atoms with Crippen LogP contribution in [0.5, 0.6) is 5.75 Å². The van der Waals surface area contributed by atoms with Gasteiger partial charge in [0.05, 0.1) is 17.9 Å². The number of aromatic nitrogens is 1. The molecule has 2 aromatic rings. The highest BCUT2D eigenvalue weighted by atomic mass is 32.2. The first-order valence-electron chi connectivity index (χ1n) is 7.90. The van der Waals surface area contributed by atoms with Crippen molar-refractivity contribution in [3.63, 3.8) is 0 Å².